The Labute approximate surface area is 224 Å². The van der Waals surface area contributed by atoms with Crippen molar-refractivity contribution < 1.29 is 24.1 Å². The van der Waals surface area contributed by atoms with Crippen molar-refractivity contribution in [3.05, 3.63) is 23.8 Å². The van der Waals surface area contributed by atoms with Crippen molar-refractivity contribution in [1.82, 2.24) is 10.2 Å². The van der Waals surface area contributed by atoms with Crippen molar-refractivity contribution in [3.63, 3.8) is 0 Å². The average Bonchev–Trinajstić information content (AvgIpc) is 2.80. The van der Waals surface area contributed by atoms with E-state index in [0.717, 1.165) is 30.7 Å². The number of likely N-dealkylation sites (N-methyl/N-ethyl adjacent to an activating group) is 1. The lowest BCUT2D eigenvalue weighted by Gasteiger charge is -2.28. The fraction of sp³-hybridized carbons (Fsp3) is 0.741. The van der Waals surface area contributed by atoms with Crippen LogP contribution in [0.3, 0.4) is 0 Å². The first-order valence-electron chi connectivity index (χ1n) is 12.7. The monoisotopic (exact) mass is 531 g/mol. The van der Waals surface area contributed by atoms with E-state index in [0.29, 0.717) is 44.3 Å². The molecular formula is C27H50ClN3O5. The highest BCUT2D eigenvalue weighted by Gasteiger charge is 2.26. The second-order valence-electron chi connectivity index (χ2n) is 10.1. The van der Waals surface area contributed by atoms with Gasteiger partial charge in [0.15, 0.2) is 11.5 Å². The number of amides is 1. The molecule has 0 aliphatic rings. The summed E-state index contributed by atoms with van der Waals surface area (Å²) in [6.07, 6.45) is 1.90. The molecule has 1 aromatic carbocycles. The first-order chi connectivity index (χ1) is 16.6. The molecule has 0 aliphatic heterocycles. The van der Waals surface area contributed by atoms with E-state index in [4.69, 9.17) is 19.9 Å². The molecular weight excluding hydrogens is 482 g/mol. The number of nitrogens with two attached hydrogens (primary N) is 1. The molecule has 36 heavy (non-hydrogen) atoms. The molecule has 1 aromatic rings. The predicted octanol–water partition coefficient (Wildman–Crippen LogP) is 3.13. The molecule has 0 saturated carbocycles. The van der Waals surface area contributed by atoms with Gasteiger partial charge >= 0.3 is 0 Å². The summed E-state index contributed by atoms with van der Waals surface area (Å²) in [6, 6.07) is 5.62. The van der Waals surface area contributed by atoms with Gasteiger partial charge in [-0.25, -0.2) is 0 Å². The normalized spacial score (nSPS) is 14.6. The first-order valence-corrected chi connectivity index (χ1v) is 12.7. The highest BCUT2D eigenvalue weighted by molar-refractivity contribution is 5.85. The topological polar surface area (TPSA) is 106 Å². The summed E-state index contributed by atoms with van der Waals surface area (Å²) in [5.74, 6) is 1.75. The molecule has 1 rings (SSSR count). The van der Waals surface area contributed by atoms with Gasteiger partial charge in [0.1, 0.15) is 0 Å². The van der Waals surface area contributed by atoms with Crippen LogP contribution in [0.4, 0.5) is 0 Å². The minimum Gasteiger partial charge on any atom is -0.493 e. The minimum atomic E-state index is -0.735. The Morgan fingerprint density at radius 2 is 1.81 bits per heavy atom. The van der Waals surface area contributed by atoms with Crippen molar-refractivity contribution in [2.75, 3.05) is 54.6 Å². The van der Waals surface area contributed by atoms with E-state index in [2.05, 4.69) is 25.2 Å². The maximum Gasteiger partial charge on any atom is 0.222 e. The van der Waals surface area contributed by atoms with Gasteiger partial charge in [-0.3, -0.25) is 4.79 Å². The molecule has 0 spiro atoms. The molecule has 8 nitrogen and oxygen atoms in total. The van der Waals surface area contributed by atoms with Crippen LogP contribution >= 0.6 is 12.4 Å². The lowest BCUT2D eigenvalue weighted by atomic mass is 9.82. The number of hydrogen-bond acceptors (Lipinski definition) is 7. The van der Waals surface area contributed by atoms with E-state index in [-0.39, 0.29) is 30.2 Å². The van der Waals surface area contributed by atoms with Crippen molar-refractivity contribution >= 4 is 18.3 Å². The summed E-state index contributed by atoms with van der Waals surface area (Å²) < 4.78 is 16.5. The summed E-state index contributed by atoms with van der Waals surface area (Å²) in [5.41, 5.74) is 7.56. The minimum absolute atomic E-state index is 0. The molecule has 0 aromatic heterocycles. The van der Waals surface area contributed by atoms with Crippen LogP contribution in [-0.2, 0) is 16.0 Å². The van der Waals surface area contributed by atoms with Crippen molar-refractivity contribution in [2.24, 2.45) is 23.5 Å². The highest BCUT2D eigenvalue weighted by atomic mass is 35.5. The van der Waals surface area contributed by atoms with Gasteiger partial charge in [-0.2, -0.15) is 0 Å². The number of carbonyl (C=O) groups is 1. The number of nitrogens with zero attached hydrogens (tertiary/aromatic N) is 1. The Morgan fingerprint density at radius 1 is 1.11 bits per heavy atom. The zero-order chi connectivity index (χ0) is 26.4. The van der Waals surface area contributed by atoms with Crippen LogP contribution < -0.4 is 20.5 Å². The van der Waals surface area contributed by atoms with Gasteiger partial charge in [-0.15, -0.1) is 12.4 Å². The number of rotatable bonds is 18. The Morgan fingerprint density at radius 3 is 2.39 bits per heavy atom. The van der Waals surface area contributed by atoms with E-state index < -0.39 is 12.1 Å². The standard InChI is InChI=1S/C27H49N3O5.ClH/c1-19(2)22(16-21-9-10-25(34-7)26(17-21)35-14-8-13-33-6)18-23(28)24(31)15-20(3)27(32)29-11-12-30(4)5;/h9-10,17,19-20,22-24,31H,8,11-16,18,28H2,1-7H3,(H,29,32);1H/t20-,22+,23+,24+;/m1./s1. The van der Waals surface area contributed by atoms with Crippen molar-refractivity contribution in [1.29, 1.82) is 0 Å². The van der Waals surface area contributed by atoms with Crippen LogP contribution in [0.15, 0.2) is 18.2 Å². The van der Waals surface area contributed by atoms with E-state index >= 15 is 0 Å². The second-order valence-corrected chi connectivity index (χ2v) is 10.1. The quantitative estimate of drug-likeness (QED) is 0.250. The van der Waals surface area contributed by atoms with E-state index in [1.54, 1.807) is 14.2 Å². The fourth-order valence-corrected chi connectivity index (χ4v) is 3.97. The Balaban J connectivity index is 0.0000122. The third kappa shape index (κ3) is 13.1. The summed E-state index contributed by atoms with van der Waals surface area (Å²) >= 11 is 0. The lowest BCUT2D eigenvalue weighted by Crippen LogP contribution is -2.41. The maximum absolute atomic E-state index is 12.3. The number of ether oxygens (including phenoxy) is 3. The summed E-state index contributed by atoms with van der Waals surface area (Å²) in [4.78, 5) is 14.4. The number of nitrogens with one attached hydrogen (secondary N) is 1. The molecule has 0 saturated heterocycles. The van der Waals surface area contributed by atoms with E-state index in [1.807, 2.05) is 38.1 Å². The Kier molecular flexibility index (Phi) is 17.8. The molecule has 1 amide bonds. The van der Waals surface area contributed by atoms with Gasteiger partial charge in [-0.1, -0.05) is 26.8 Å². The Bertz CT molecular complexity index is 735. The third-order valence-electron chi connectivity index (χ3n) is 6.39. The molecule has 9 heteroatoms. The van der Waals surface area contributed by atoms with Crippen LogP contribution in [0.25, 0.3) is 0 Å². The number of aliphatic hydroxyl groups excluding tert-OH is 1. The van der Waals surface area contributed by atoms with E-state index in [9.17, 15) is 9.90 Å². The number of aliphatic hydroxyl groups is 1. The molecule has 4 N–H and O–H groups in total. The van der Waals surface area contributed by atoms with Crippen LogP contribution in [0.2, 0.25) is 0 Å². The van der Waals surface area contributed by atoms with Crippen LogP contribution in [0, 0.1) is 17.8 Å². The van der Waals surface area contributed by atoms with Gasteiger partial charge in [0.05, 0.1) is 19.8 Å². The summed E-state index contributed by atoms with van der Waals surface area (Å²) in [6.45, 7) is 8.77. The van der Waals surface area contributed by atoms with Crippen LogP contribution in [0.5, 0.6) is 11.5 Å². The summed E-state index contributed by atoms with van der Waals surface area (Å²) in [5, 5.41) is 13.7. The number of halogens is 1. The lowest BCUT2D eigenvalue weighted by molar-refractivity contribution is -0.125. The van der Waals surface area contributed by atoms with Gasteiger partial charge < -0.3 is 35.3 Å². The molecule has 0 unspecified atom stereocenters. The SMILES string of the molecule is COCCCOc1cc(C[C@@H](C[C@H](N)[C@@H](O)C[C@@H](C)C(=O)NCCN(C)C)C(C)C)ccc1OC.Cl. The fourth-order valence-electron chi connectivity index (χ4n) is 3.97. The van der Waals surface area contributed by atoms with Gasteiger partial charge in [0, 0.05) is 45.2 Å². The third-order valence-corrected chi connectivity index (χ3v) is 6.39. The Hall–Kier alpha value is -1.58. The van der Waals surface area contributed by atoms with Gasteiger partial charge in [-0.05, 0) is 62.9 Å². The van der Waals surface area contributed by atoms with Crippen molar-refractivity contribution in [2.45, 2.75) is 58.6 Å². The van der Waals surface area contributed by atoms with Crippen LogP contribution in [0.1, 0.15) is 45.6 Å². The predicted molar refractivity (Wildman–Crippen MR) is 148 cm³/mol. The van der Waals surface area contributed by atoms with E-state index in [1.165, 1.54) is 0 Å². The smallest absolute Gasteiger partial charge is 0.222 e. The summed E-state index contributed by atoms with van der Waals surface area (Å²) in [7, 11) is 7.24. The van der Waals surface area contributed by atoms with Crippen molar-refractivity contribution in [3.8, 4) is 11.5 Å². The molecule has 210 valence electrons. The largest absolute Gasteiger partial charge is 0.493 e. The highest BCUT2D eigenvalue weighted by Crippen LogP contribution is 2.31. The number of carbonyl (C=O) groups excluding carboxylic acids is 1. The molecule has 0 heterocycles. The molecule has 0 bridgehead atoms. The zero-order valence-electron chi connectivity index (χ0n) is 23.3. The molecule has 0 aliphatic carbocycles. The maximum atomic E-state index is 12.3. The number of methoxy groups -OCH3 is 2. The molecule has 0 fully saturated rings. The molecule has 4 atom stereocenters. The zero-order valence-corrected chi connectivity index (χ0v) is 24.1. The average molecular weight is 532 g/mol. The number of hydrogen-bond donors (Lipinski definition) is 3. The van der Waals surface area contributed by atoms with Gasteiger partial charge in [0.25, 0.3) is 0 Å². The van der Waals surface area contributed by atoms with Gasteiger partial charge in [0.2, 0.25) is 5.91 Å². The number of benzene rings is 1. The van der Waals surface area contributed by atoms with Crippen LogP contribution in [-0.4, -0.2) is 82.7 Å². The first kappa shape index (κ1) is 34.4. The molecule has 0 radical (unpaired) electrons. The second kappa shape index (κ2) is 18.6.